The van der Waals surface area contributed by atoms with Crippen LogP contribution in [0.4, 0.5) is 4.79 Å². The quantitative estimate of drug-likeness (QED) is 0.887. The van der Waals surface area contributed by atoms with Crippen molar-refractivity contribution in [3.05, 3.63) is 23.8 Å². The number of hydrogen-bond acceptors (Lipinski definition) is 5. The molecule has 0 radical (unpaired) electrons. The topological polar surface area (TPSA) is 94.1 Å². The molecular formula is C15H19NO6. The molecule has 0 spiro atoms. The van der Waals surface area contributed by atoms with E-state index >= 15 is 0 Å². The molecule has 1 aromatic rings. The van der Waals surface area contributed by atoms with Crippen LogP contribution in [0.5, 0.6) is 11.5 Å². The fourth-order valence-electron chi connectivity index (χ4n) is 2.01. The maximum atomic E-state index is 11.9. The number of alkyl carbamates (subject to hydrolysis) is 1. The number of nitrogens with one attached hydrogen (secondary N) is 1. The molecule has 0 fully saturated rings. The van der Waals surface area contributed by atoms with E-state index in [9.17, 15) is 9.59 Å². The van der Waals surface area contributed by atoms with Crippen LogP contribution >= 0.6 is 0 Å². The van der Waals surface area contributed by atoms with Crippen molar-refractivity contribution in [1.29, 1.82) is 0 Å². The molecule has 1 heterocycles. The lowest BCUT2D eigenvalue weighted by atomic mass is 10.0. The molecule has 7 heteroatoms. The molecule has 2 N–H and O–H groups in total. The number of benzene rings is 1. The molecule has 0 saturated carbocycles. The van der Waals surface area contributed by atoms with Gasteiger partial charge in [-0.1, -0.05) is 6.07 Å². The van der Waals surface area contributed by atoms with Crippen molar-refractivity contribution in [1.82, 2.24) is 5.32 Å². The van der Waals surface area contributed by atoms with Gasteiger partial charge >= 0.3 is 12.1 Å². The largest absolute Gasteiger partial charge is 0.481 e. The van der Waals surface area contributed by atoms with Gasteiger partial charge in [0.25, 0.3) is 0 Å². The Hall–Kier alpha value is -2.44. The molecule has 0 aromatic heterocycles. The summed E-state index contributed by atoms with van der Waals surface area (Å²) in [6.07, 6.45) is -0.935. The van der Waals surface area contributed by atoms with Crippen LogP contribution in [0.15, 0.2) is 18.2 Å². The van der Waals surface area contributed by atoms with Gasteiger partial charge in [0.1, 0.15) is 5.60 Å². The van der Waals surface area contributed by atoms with E-state index in [1.54, 1.807) is 39.0 Å². The predicted octanol–water partition coefficient (Wildman–Crippen LogP) is 2.46. The zero-order valence-electron chi connectivity index (χ0n) is 12.7. The molecule has 22 heavy (non-hydrogen) atoms. The molecule has 1 atom stereocenters. The number of carboxylic acids is 1. The van der Waals surface area contributed by atoms with Crippen molar-refractivity contribution in [2.75, 3.05) is 6.79 Å². The van der Waals surface area contributed by atoms with E-state index in [2.05, 4.69) is 5.32 Å². The second kappa shape index (κ2) is 6.13. The highest BCUT2D eigenvalue weighted by molar-refractivity contribution is 5.72. The summed E-state index contributed by atoms with van der Waals surface area (Å²) >= 11 is 0. The van der Waals surface area contributed by atoms with Gasteiger partial charge < -0.3 is 24.6 Å². The van der Waals surface area contributed by atoms with E-state index in [-0.39, 0.29) is 13.2 Å². The summed E-state index contributed by atoms with van der Waals surface area (Å²) in [6, 6.07) is 4.32. The molecule has 1 aliphatic heterocycles. The summed E-state index contributed by atoms with van der Waals surface area (Å²) in [4.78, 5) is 22.9. The number of carbonyl (C=O) groups is 2. The fourth-order valence-corrected chi connectivity index (χ4v) is 2.01. The van der Waals surface area contributed by atoms with Gasteiger partial charge in [0, 0.05) is 0 Å². The lowest BCUT2D eigenvalue weighted by Crippen LogP contribution is -2.35. The first-order chi connectivity index (χ1) is 10.2. The van der Waals surface area contributed by atoms with Crippen LogP contribution in [0.3, 0.4) is 0 Å². The van der Waals surface area contributed by atoms with Crippen molar-refractivity contribution in [2.24, 2.45) is 0 Å². The second-order valence-electron chi connectivity index (χ2n) is 5.91. The predicted molar refractivity (Wildman–Crippen MR) is 76.9 cm³/mol. The molecule has 0 unspecified atom stereocenters. The number of hydrogen-bond donors (Lipinski definition) is 2. The Balaban J connectivity index is 2.15. The van der Waals surface area contributed by atoms with Crippen LogP contribution in [0.1, 0.15) is 38.8 Å². The molecule has 120 valence electrons. The van der Waals surface area contributed by atoms with Crippen molar-refractivity contribution in [3.63, 3.8) is 0 Å². The summed E-state index contributed by atoms with van der Waals surface area (Å²) in [5.41, 5.74) is -0.0512. The number of ether oxygens (including phenoxy) is 3. The summed E-state index contributed by atoms with van der Waals surface area (Å²) in [6.45, 7) is 5.33. The van der Waals surface area contributed by atoms with Crippen molar-refractivity contribution < 1.29 is 28.9 Å². The molecule has 1 amide bonds. The van der Waals surface area contributed by atoms with E-state index in [1.807, 2.05) is 0 Å². The SMILES string of the molecule is CC(C)(C)OC(=O)N[C@@H](CC(=O)O)c1ccc2c(c1)OCO2. The van der Waals surface area contributed by atoms with Crippen LogP contribution in [0.25, 0.3) is 0 Å². The first-order valence-corrected chi connectivity index (χ1v) is 6.85. The Morgan fingerprint density at radius 3 is 2.64 bits per heavy atom. The Kier molecular flexibility index (Phi) is 4.44. The van der Waals surface area contributed by atoms with E-state index in [1.165, 1.54) is 0 Å². The lowest BCUT2D eigenvalue weighted by molar-refractivity contribution is -0.137. The lowest BCUT2D eigenvalue weighted by Gasteiger charge is -2.23. The standard InChI is InChI=1S/C15H19NO6/c1-15(2,3)22-14(19)16-10(7-13(17)18)9-4-5-11-12(6-9)21-8-20-11/h4-6,10H,7-8H2,1-3H3,(H,16,19)(H,17,18)/t10-/m0/s1. The van der Waals surface area contributed by atoms with Crippen molar-refractivity contribution in [2.45, 2.75) is 38.8 Å². The van der Waals surface area contributed by atoms with Crippen molar-refractivity contribution in [3.8, 4) is 11.5 Å². The molecule has 0 aliphatic carbocycles. The van der Waals surface area contributed by atoms with Gasteiger partial charge in [0.2, 0.25) is 6.79 Å². The van der Waals surface area contributed by atoms with Gasteiger partial charge in [-0.3, -0.25) is 4.79 Å². The van der Waals surface area contributed by atoms with Gasteiger partial charge in [-0.2, -0.15) is 0 Å². The number of fused-ring (bicyclic) bond motifs is 1. The van der Waals surface area contributed by atoms with Crippen LogP contribution in [-0.4, -0.2) is 29.6 Å². The molecule has 1 aliphatic rings. The minimum atomic E-state index is -1.03. The van der Waals surface area contributed by atoms with E-state index < -0.39 is 23.7 Å². The maximum absolute atomic E-state index is 11.9. The van der Waals surface area contributed by atoms with E-state index in [0.717, 1.165) is 0 Å². The minimum Gasteiger partial charge on any atom is -0.481 e. The Labute approximate surface area is 128 Å². The Bertz CT molecular complexity index is 578. The van der Waals surface area contributed by atoms with E-state index in [0.29, 0.717) is 17.1 Å². The molecule has 2 rings (SSSR count). The molecular weight excluding hydrogens is 290 g/mol. The smallest absolute Gasteiger partial charge is 0.408 e. The minimum absolute atomic E-state index is 0.127. The fraction of sp³-hybridized carbons (Fsp3) is 0.467. The third kappa shape index (κ3) is 4.28. The number of amides is 1. The highest BCUT2D eigenvalue weighted by Gasteiger charge is 2.24. The van der Waals surface area contributed by atoms with E-state index in [4.69, 9.17) is 19.3 Å². The van der Waals surface area contributed by atoms with Crippen molar-refractivity contribution >= 4 is 12.1 Å². The molecule has 0 saturated heterocycles. The number of carboxylic acid groups (broad SMARTS) is 1. The van der Waals surface area contributed by atoms with Gasteiger partial charge in [0.15, 0.2) is 11.5 Å². The number of rotatable bonds is 4. The molecule has 1 aromatic carbocycles. The average molecular weight is 309 g/mol. The zero-order chi connectivity index (χ0) is 16.3. The normalized spacial score (nSPS) is 14.3. The Morgan fingerprint density at radius 1 is 1.32 bits per heavy atom. The summed E-state index contributed by atoms with van der Waals surface area (Å²) < 4.78 is 15.6. The van der Waals surface area contributed by atoms with Crippen LogP contribution in [0.2, 0.25) is 0 Å². The highest BCUT2D eigenvalue weighted by Crippen LogP contribution is 2.34. The first kappa shape index (κ1) is 15.9. The average Bonchev–Trinajstić information content (AvgIpc) is 2.81. The second-order valence-corrected chi connectivity index (χ2v) is 5.91. The third-order valence-corrected chi connectivity index (χ3v) is 2.87. The van der Waals surface area contributed by atoms with Crippen LogP contribution in [-0.2, 0) is 9.53 Å². The summed E-state index contributed by atoms with van der Waals surface area (Å²) in [5.74, 6) is 0.0905. The van der Waals surface area contributed by atoms with Crippen LogP contribution < -0.4 is 14.8 Å². The monoisotopic (exact) mass is 309 g/mol. The number of carbonyl (C=O) groups excluding carboxylic acids is 1. The van der Waals surface area contributed by atoms with Gasteiger partial charge in [-0.05, 0) is 38.5 Å². The first-order valence-electron chi connectivity index (χ1n) is 6.85. The molecule has 7 nitrogen and oxygen atoms in total. The highest BCUT2D eigenvalue weighted by atomic mass is 16.7. The zero-order valence-corrected chi connectivity index (χ0v) is 12.7. The number of aliphatic carboxylic acids is 1. The van der Waals surface area contributed by atoms with Gasteiger partial charge in [-0.25, -0.2) is 4.79 Å². The molecule has 0 bridgehead atoms. The Morgan fingerprint density at radius 2 is 2.00 bits per heavy atom. The summed E-state index contributed by atoms with van der Waals surface area (Å²) in [5, 5.41) is 11.6. The van der Waals surface area contributed by atoms with Gasteiger partial charge in [0.05, 0.1) is 12.5 Å². The summed E-state index contributed by atoms with van der Waals surface area (Å²) in [7, 11) is 0. The van der Waals surface area contributed by atoms with Crippen LogP contribution in [0, 0.1) is 0 Å². The maximum Gasteiger partial charge on any atom is 0.408 e. The third-order valence-electron chi connectivity index (χ3n) is 2.87. The van der Waals surface area contributed by atoms with Gasteiger partial charge in [-0.15, -0.1) is 0 Å².